The van der Waals surface area contributed by atoms with E-state index in [1.54, 1.807) is 24.3 Å². The Morgan fingerprint density at radius 2 is 1.93 bits per heavy atom. The van der Waals surface area contributed by atoms with Crippen LogP contribution in [0, 0.1) is 27.4 Å². The monoisotopic (exact) mass is 394 g/mol. The lowest BCUT2D eigenvalue weighted by Gasteiger charge is -2.33. The smallest absolute Gasteiger partial charge is 0.270 e. The van der Waals surface area contributed by atoms with Crippen molar-refractivity contribution in [2.75, 3.05) is 30.1 Å². The number of nitrogens with one attached hydrogen (secondary N) is 1. The fourth-order valence-electron chi connectivity index (χ4n) is 3.60. The number of rotatable bonds is 4. The van der Waals surface area contributed by atoms with Gasteiger partial charge >= 0.3 is 0 Å². The van der Waals surface area contributed by atoms with Crippen molar-refractivity contribution in [3.8, 4) is 17.6 Å². The number of hydrogen-bond acceptors (Lipinski definition) is 7. The molecular formula is C20H18N4O5. The van der Waals surface area contributed by atoms with Crippen molar-refractivity contribution in [2.45, 2.75) is 12.8 Å². The average Bonchev–Trinajstić information content (AvgIpc) is 3.21. The van der Waals surface area contributed by atoms with Crippen LogP contribution in [0.5, 0.6) is 11.5 Å². The molecule has 2 heterocycles. The second-order valence-corrected chi connectivity index (χ2v) is 6.89. The zero-order valence-corrected chi connectivity index (χ0v) is 15.5. The molecule has 0 bridgehead atoms. The van der Waals surface area contributed by atoms with Crippen molar-refractivity contribution in [1.82, 2.24) is 0 Å². The van der Waals surface area contributed by atoms with Gasteiger partial charge in [0.15, 0.2) is 11.5 Å². The minimum Gasteiger partial charge on any atom is -0.454 e. The average molecular weight is 394 g/mol. The molecule has 1 fully saturated rings. The van der Waals surface area contributed by atoms with Crippen LogP contribution >= 0.6 is 0 Å². The second kappa shape index (κ2) is 7.67. The number of piperidine rings is 1. The van der Waals surface area contributed by atoms with E-state index in [0.29, 0.717) is 48.8 Å². The fourth-order valence-corrected chi connectivity index (χ4v) is 3.60. The first kappa shape index (κ1) is 18.6. The van der Waals surface area contributed by atoms with E-state index in [1.165, 1.54) is 12.1 Å². The lowest BCUT2D eigenvalue weighted by Crippen LogP contribution is -2.38. The maximum absolute atomic E-state index is 12.6. The number of fused-ring (bicyclic) bond motifs is 1. The minimum atomic E-state index is -0.517. The summed E-state index contributed by atoms with van der Waals surface area (Å²) in [6.45, 7) is 1.36. The van der Waals surface area contributed by atoms with Gasteiger partial charge in [-0.1, -0.05) is 0 Å². The van der Waals surface area contributed by atoms with Crippen LogP contribution in [-0.4, -0.2) is 30.7 Å². The van der Waals surface area contributed by atoms with Crippen LogP contribution in [-0.2, 0) is 4.79 Å². The molecule has 2 aliphatic heterocycles. The van der Waals surface area contributed by atoms with Crippen LogP contribution in [0.3, 0.4) is 0 Å². The van der Waals surface area contributed by atoms with Crippen LogP contribution in [0.1, 0.15) is 18.4 Å². The molecule has 1 saturated heterocycles. The topological polar surface area (TPSA) is 118 Å². The number of nitro benzene ring substituents is 1. The minimum absolute atomic E-state index is 0.0623. The Morgan fingerprint density at radius 3 is 2.66 bits per heavy atom. The maximum Gasteiger partial charge on any atom is 0.270 e. The van der Waals surface area contributed by atoms with Crippen molar-refractivity contribution < 1.29 is 19.2 Å². The number of amides is 1. The largest absolute Gasteiger partial charge is 0.454 e. The normalized spacial score (nSPS) is 15.6. The number of ether oxygens (including phenoxy) is 2. The number of nitrogens with zero attached hydrogens (tertiary/aromatic N) is 3. The van der Waals surface area contributed by atoms with Crippen molar-refractivity contribution in [3.63, 3.8) is 0 Å². The van der Waals surface area contributed by atoms with Gasteiger partial charge in [-0.25, -0.2) is 0 Å². The van der Waals surface area contributed by atoms with Crippen molar-refractivity contribution in [2.24, 2.45) is 5.92 Å². The van der Waals surface area contributed by atoms with Gasteiger partial charge in [0.1, 0.15) is 6.07 Å². The molecule has 0 radical (unpaired) electrons. The van der Waals surface area contributed by atoms with E-state index in [0.717, 1.165) is 0 Å². The van der Waals surface area contributed by atoms with Crippen LogP contribution in [0.2, 0.25) is 0 Å². The second-order valence-electron chi connectivity index (χ2n) is 6.89. The highest BCUT2D eigenvalue weighted by molar-refractivity contribution is 5.93. The van der Waals surface area contributed by atoms with Crippen molar-refractivity contribution >= 4 is 23.0 Å². The van der Waals surface area contributed by atoms with Gasteiger partial charge in [0.25, 0.3) is 5.69 Å². The summed E-state index contributed by atoms with van der Waals surface area (Å²) in [6.07, 6.45) is 1.25. The maximum atomic E-state index is 12.6. The standard InChI is InChI=1S/C20H18N4O5/c21-11-14-9-16(24(26)27)2-3-17(14)23-7-5-13(6-8-23)20(25)22-15-1-4-18-19(10-15)29-12-28-18/h1-4,9-10,13H,5-8,12H2,(H,22,25). The van der Waals surface area contributed by atoms with E-state index >= 15 is 0 Å². The first-order chi connectivity index (χ1) is 14.0. The molecule has 2 aliphatic rings. The number of benzene rings is 2. The molecule has 0 unspecified atom stereocenters. The molecule has 2 aromatic carbocycles. The quantitative estimate of drug-likeness (QED) is 0.625. The molecule has 1 amide bonds. The molecule has 0 atom stereocenters. The SMILES string of the molecule is N#Cc1cc([N+](=O)[O-])ccc1N1CCC(C(=O)Nc2ccc3c(c2)OCO3)CC1. The number of carbonyl (C=O) groups excluding carboxylic acids is 1. The van der Waals surface area contributed by atoms with Gasteiger partial charge in [-0.2, -0.15) is 5.26 Å². The van der Waals surface area contributed by atoms with E-state index in [1.807, 2.05) is 11.0 Å². The molecule has 0 aromatic heterocycles. The number of non-ortho nitro benzene ring substituents is 1. The third-order valence-corrected chi connectivity index (χ3v) is 5.16. The first-order valence-electron chi connectivity index (χ1n) is 9.19. The van der Waals surface area contributed by atoms with E-state index in [-0.39, 0.29) is 29.9 Å². The van der Waals surface area contributed by atoms with Crippen LogP contribution < -0.4 is 19.7 Å². The zero-order valence-electron chi connectivity index (χ0n) is 15.5. The van der Waals surface area contributed by atoms with Gasteiger partial charge in [0.05, 0.1) is 16.2 Å². The summed E-state index contributed by atoms with van der Waals surface area (Å²) in [5, 5.41) is 23.2. The van der Waals surface area contributed by atoms with Gasteiger partial charge < -0.3 is 19.7 Å². The molecule has 0 aliphatic carbocycles. The Hall–Kier alpha value is -3.80. The predicted molar refractivity (Wildman–Crippen MR) is 104 cm³/mol. The lowest BCUT2D eigenvalue weighted by atomic mass is 9.95. The number of nitro groups is 1. The Kier molecular flexibility index (Phi) is 4.91. The van der Waals surface area contributed by atoms with Gasteiger partial charge in [0, 0.05) is 42.9 Å². The van der Waals surface area contributed by atoms with Gasteiger partial charge in [-0.05, 0) is 31.0 Å². The summed E-state index contributed by atoms with van der Waals surface area (Å²) in [5.41, 5.74) is 1.47. The molecule has 148 valence electrons. The van der Waals surface area contributed by atoms with Crippen molar-refractivity contribution in [1.29, 1.82) is 5.26 Å². The third-order valence-electron chi connectivity index (χ3n) is 5.16. The number of hydrogen-bond donors (Lipinski definition) is 1. The molecular weight excluding hydrogens is 376 g/mol. The van der Waals surface area contributed by atoms with E-state index in [2.05, 4.69) is 5.32 Å². The number of nitriles is 1. The zero-order chi connectivity index (χ0) is 20.4. The Morgan fingerprint density at radius 1 is 1.17 bits per heavy atom. The van der Waals surface area contributed by atoms with E-state index < -0.39 is 4.92 Å². The summed E-state index contributed by atoms with van der Waals surface area (Å²) in [4.78, 5) is 25.0. The summed E-state index contributed by atoms with van der Waals surface area (Å²) in [7, 11) is 0. The molecule has 0 spiro atoms. The van der Waals surface area contributed by atoms with Gasteiger partial charge in [-0.3, -0.25) is 14.9 Å². The Balaban J connectivity index is 1.39. The molecule has 1 N–H and O–H groups in total. The van der Waals surface area contributed by atoms with E-state index in [9.17, 15) is 20.2 Å². The summed E-state index contributed by atoms with van der Waals surface area (Å²) in [5.74, 6) is 1.06. The molecule has 0 saturated carbocycles. The highest BCUT2D eigenvalue weighted by Crippen LogP contribution is 2.35. The third kappa shape index (κ3) is 3.78. The van der Waals surface area contributed by atoms with Crippen LogP contribution in [0.15, 0.2) is 36.4 Å². The number of anilines is 2. The molecule has 4 rings (SSSR count). The Bertz CT molecular complexity index is 1010. The summed E-state index contributed by atoms with van der Waals surface area (Å²) >= 11 is 0. The first-order valence-corrected chi connectivity index (χ1v) is 9.19. The molecule has 9 heteroatoms. The lowest BCUT2D eigenvalue weighted by molar-refractivity contribution is -0.384. The van der Waals surface area contributed by atoms with Crippen LogP contribution in [0.25, 0.3) is 0 Å². The van der Waals surface area contributed by atoms with Crippen LogP contribution in [0.4, 0.5) is 17.1 Å². The summed E-state index contributed by atoms with van der Waals surface area (Å²) < 4.78 is 10.6. The van der Waals surface area contributed by atoms with Crippen molar-refractivity contribution in [3.05, 3.63) is 52.1 Å². The fraction of sp³-hybridized carbons (Fsp3) is 0.300. The molecule has 9 nitrogen and oxygen atoms in total. The summed E-state index contributed by atoms with van der Waals surface area (Å²) in [6, 6.07) is 11.6. The molecule has 29 heavy (non-hydrogen) atoms. The van der Waals surface area contributed by atoms with E-state index in [4.69, 9.17) is 9.47 Å². The van der Waals surface area contributed by atoms with Gasteiger partial charge in [-0.15, -0.1) is 0 Å². The highest BCUT2D eigenvalue weighted by Gasteiger charge is 2.27. The van der Waals surface area contributed by atoms with Gasteiger partial charge in [0.2, 0.25) is 12.7 Å². The Labute approximate surface area is 166 Å². The molecule has 2 aromatic rings. The number of carbonyl (C=O) groups is 1. The highest BCUT2D eigenvalue weighted by atomic mass is 16.7. The predicted octanol–water partition coefficient (Wildman–Crippen LogP) is 3.05.